The van der Waals surface area contributed by atoms with Crippen LogP contribution in [0.15, 0.2) is 24.3 Å². The van der Waals surface area contributed by atoms with Crippen molar-refractivity contribution in [3.05, 3.63) is 24.3 Å². The van der Waals surface area contributed by atoms with Crippen molar-refractivity contribution >= 4 is 17.9 Å². The Morgan fingerprint density at radius 1 is 0.290 bits per heavy atom. The summed E-state index contributed by atoms with van der Waals surface area (Å²) < 4.78 is 16.9. The Balaban J connectivity index is 4.33. The second kappa shape index (κ2) is 58.5. The molecule has 0 spiro atoms. The molecule has 0 rings (SSSR count). The fraction of sp³-hybridized carbons (Fsp3) is 0.889. The largest absolute Gasteiger partial charge is 0.462 e. The third-order valence-electron chi connectivity index (χ3n) is 14.0. The minimum absolute atomic E-state index is 0.0676. The molecule has 1 atom stereocenters. The van der Waals surface area contributed by atoms with E-state index < -0.39 is 6.10 Å². The average Bonchev–Trinajstić information content (AvgIpc) is 3.35. The fourth-order valence-electron chi connectivity index (χ4n) is 9.30. The molecule has 0 saturated carbocycles. The van der Waals surface area contributed by atoms with Gasteiger partial charge in [-0.25, -0.2) is 0 Å². The van der Waals surface area contributed by atoms with Gasteiger partial charge in [0, 0.05) is 19.3 Å². The molecule has 0 saturated heterocycles. The number of esters is 3. The van der Waals surface area contributed by atoms with Crippen molar-refractivity contribution in [3.8, 4) is 0 Å². The first kappa shape index (κ1) is 66.9. The standard InChI is InChI=1S/C63H118O6/c1-4-7-10-13-16-19-22-25-28-31-34-37-40-43-46-49-52-55-61(64)67-58-60(69-63(66)57-54-51-48-45-42-39-36-33-30-27-24-21-18-15-12-9-6-3)59-68-62(65)56-53-50-47-44-41-38-35-32-29-26-23-20-17-14-11-8-5-2/h16,19,25,28,60H,4-15,17-18,20-24,26-27,29-59H2,1-3H3/b19-16-,28-25-. The number of hydrogen-bond donors (Lipinski definition) is 0. The molecule has 0 amide bonds. The highest BCUT2D eigenvalue weighted by Crippen LogP contribution is 2.18. The van der Waals surface area contributed by atoms with Crippen LogP contribution in [0.4, 0.5) is 0 Å². The zero-order chi connectivity index (χ0) is 50.0. The second-order valence-electron chi connectivity index (χ2n) is 21.0. The highest BCUT2D eigenvalue weighted by molar-refractivity contribution is 5.71. The minimum atomic E-state index is -0.770. The lowest BCUT2D eigenvalue weighted by molar-refractivity contribution is -0.167. The predicted molar refractivity (Wildman–Crippen MR) is 298 cm³/mol. The van der Waals surface area contributed by atoms with Gasteiger partial charge in [-0.1, -0.05) is 295 Å². The van der Waals surface area contributed by atoms with E-state index >= 15 is 0 Å². The summed E-state index contributed by atoms with van der Waals surface area (Å²) in [6, 6.07) is 0. The maximum atomic E-state index is 12.9. The Kier molecular flexibility index (Phi) is 56.7. The first-order valence-electron chi connectivity index (χ1n) is 30.8. The molecular formula is C63H118O6. The van der Waals surface area contributed by atoms with Gasteiger partial charge in [-0.05, 0) is 51.4 Å². The highest BCUT2D eigenvalue weighted by Gasteiger charge is 2.19. The van der Waals surface area contributed by atoms with Crippen molar-refractivity contribution in [2.75, 3.05) is 13.2 Å². The quantitative estimate of drug-likeness (QED) is 0.0261. The van der Waals surface area contributed by atoms with E-state index in [1.54, 1.807) is 0 Å². The lowest BCUT2D eigenvalue weighted by Gasteiger charge is -2.18. The normalized spacial score (nSPS) is 12.1. The molecular weight excluding hydrogens is 853 g/mol. The van der Waals surface area contributed by atoms with Crippen molar-refractivity contribution in [3.63, 3.8) is 0 Å². The fourth-order valence-corrected chi connectivity index (χ4v) is 9.30. The predicted octanol–water partition coefficient (Wildman–Crippen LogP) is 20.7. The van der Waals surface area contributed by atoms with Crippen LogP contribution in [0.1, 0.15) is 342 Å². The highest BCUT2D eigenvalue weighted by atomic mass is 16.6. The summed E-state index contributed by atoms with van der Waals surface area (Å²) >= 11 is 0. The van der Waals surface area contributed by atoms with Crippen LogP contribution in [0.25, 0.3) is 0 Å². The van der Waals surface area contributed by atoms with Crippen molar-refractivity contribution in [2.45, 2.75) is 348 Å². The minimum Gasteiger partial charge on any atom is -0.462 e. The van der Waals surface area contributed by atoms with E-state index in [2.05, 4.69) is 45.1 Å². The molecule has 6 nitrogen and oxygen atoms in total. The van der Waals surface area contributed by atoms with E-state index in [9.17, 15) is 14.4 Å². The lowest BCUT2D eigenvalue weighted by Crippen LogP contribution is -2.30. The third kappa shape index (κ3) is 56.7. The molecule has 0 N–H and O–H groups in total. The number of hydrogen-bond acceptors (Lipinski definition) is 6. The Morgan fingerprint density at radius 2 is 0.522 bits per heavy atom. The Bertz CT molecular complexity index is 1110. The van der Waals surface area contributed by atoms with Gasteiger partial charge >= 0.3 is 17.9 Å². The zero-order valence-corrected chi connectivity index (χ0v) is 46.6. The second-order valence-corrected chi connectivity index (χ2v) is 21.0. The van der Waals surface area contributed by atoms with Crippen LogP contribution in [0.3, 0.4) is 0 Å². The Morgan fingerprint density at radius 3 is 0.826 bits per heavy atom. The summed E-state index contributed by atoms with van der Waals surface area (Å²) in [7, 11) is 0. The molecule has 0 aromatic heterocycles. The van der Waals surface area contributed by atoms with Crippen LogP contribution in [-0.4, -0.2) is 37.2 Å². The summed E-state index contributed by atoms with van der Waals surface area (Å²) in [5, 5.41) is 0. The monoisotopic (exact) mass is 971 g/mol. The van der Waals surface area contributed by atoms with Gasteiger partial charge in [-0.3, -0.25) is 14.4 Å². The average molecular weight is 972 g/mol. The van der Waals surface area contributed by atoms with Crippen LogP contribution in [0, 0.1) is 0 Å². The SMILES string of the molecule is CCCCC/C=C\C/C=C\CCCCCCCCCC(=O)OCC(COC(=O)CCCCCCCCCCCCCCCCCCC)OC(=O)CCCCCCCCCCCCCCCCCCC. The van der Waals surface area contributed by atoms with Gasteiger partial charge in [0.2, 0.25) is 0 Å². The zero-order valence-electron chi connectivity index (χ0n) is 46.6. The maximum Gasteiger partial charge on any atom is 0.306 e. The third-order valence-corrected chi connectivity index (χ3v) is 14.0. The number of carbonyl (C=O) groups is 3. The van der Waals surface area contributed by atoms with Crippen LogP contribution >= 0.6 is 0 Å². The van der Waals surface area contributed by atoms with Gasteiger partial charge in [0.15, 0.2) is 6.10 Å². The molecule has 0 aromatic rings. The number of rotatable bonds is 57. The van der Waals surface area contributed by atoms with E-state index in [1.807, 2.05) is 0 Å². The van der Waals surface area contributed by atoms with Crippen molar-refractivity contribution in [2.24, 2.45) is 0 Å². The van der Waals surface area contributed by atoms with Gasteiger partial charge in [0.05, 0.1) is 0 Å². The molecule has 0 heterocycles. The van der Waals surface area contributed by atoms with E-state index in [4.69, 9.17) is 14.2 Å². The van der Waals surface area contributed by atoms with Gasteiger partial charge in [-0.15, -0.1) is 0 Å². The van der Waals surface area contributed by atoms with Crippen molar-refractivity contribution in [1.29, 1.82) is 0 Å². The van der Waals surface area contributed by atoms with Crippen molar-refractivity contribution < 1.29 is 28.6 Å². The summed E-state index contributed by atoms with van der Waals surface area (Å²) in [6.45, 7) is 6.68. The molecule has 0 aliphatic carbocycles. The number of unbranched alkanes of at least 4 members (excludes halogenated alkanes) is 42. The molecule has 0 fully saturated rings. The Labute approximate surface area is 430 Å². The number of allylic oxidation sites excluding steroid dienone is 4. The first-order valence-corrected chi connectivity index (χ1v) is 30.8. The molecule has 0 aromatic carbocycles. The van der Waals surface area contributed by atoms with Gasteiger partial charge in [0.1, 0.15) is 13.2 Å². The van der Waals surface area contributed by atoms with E-state index in [1.165, 1.54) is 231 Å². The topological polar surface area (TPSA) is 78.9 Å². The number of carbonyl (C=O) groups excluding carboxylic acids is 3. The number of ether oxygens (including phenoxy) is 3. The summed E-state index contributed by atoms with van der Waals surface area (Å²) in [6.07, 6.45) is 68.8. The van der Waals surface area contributed by atoms with E-state index in [0.717, 1.165) is 70.6 Å². The lowest BCUT2D eigenvalue weighted by atomic mass is 10.0. The summed E-state index contributed by atoms with van der Waals surface area (Å²) in [5.74, 6) is -0.849. The van der Waals surface area contributed by atoms with Gasteiger partial charge in [-0.2, -0.15) is 0 Å². The molecule has 406 valence electrons. The molecule has 0 aliphatic heterocycles. The maximum absolute atomic E-state index is 12.9. The van der Waals surface area contributed by atoms with Crippen LogP contribution in [0.2, 0.25) is 0 Å². The molecule has 6 heteroatoms. The molecule has 69 heavy (non-hydrogen) atoms. The summed E-state index contributed by atoms with van der Waals surface area (Å²) in [5.41, 5.74) is 0. The smallest absolute Gasteiger partial charge is 0.306 e. The van der Waals surface area contributed by atoms with E-state index in [-0.39, 0.29) is 31.1 Å². The van der Waals surface area contributed by atoms with Crippen molar-refractivity contribution in [1.82, 2.24) is 0 Å². The molecule has 0 bridgehead atoms. The van der Waals surface area contributed by atoms with Crippen LogP contribution in [-0.2, 0) is 28.6 Å². The molecule has 0 radical (unpaired) electrons. The Hall–Kier alpha value is -2.11. The molecule has 0 aliphatic rings. The van der Waals surface area contributed by atoms with E-state index in [0.29, 0.717) is 19.3 Å². The van der Waals surface area contributed by atoms with Gasteiger partial charge in [0.25, 0.3) is 0 Å². The summed E-state index contributed by atoms with van der Waals surface area (Å²) in [4.78, 5) is 38.3. The van der Waals surface area contributed by atoms with Gasteiger partial charge < -0.3 is 14.2 Å². The first-order chi connectivity index (χ1) is 34.0. The van der Waals surface area contributed by atoms with Crippen LogP contribution < -0.4 is 0 Å². The molecule has 1 unspecified atom stereocenters. The van der Waals surface area contributed by atoms with Crippen LogP contribution in [0.5, 0.6) is 0 Å².